The van der Waals surface area contributed by atoms with Crippen LogP contribution < -0.4 is 5.32 Å². The van der Waals surface area contributed by atoms with E-state index in [0.29, 0.717) is 11.7 Å². The Hall–Kier alpha value is -2.68. The number of anilines is 1. The molecule has 1 aromatic heterocycles. The molecule has 0 fully saturated rings. The molecule has 1 heterocycles. The molecule has 1 aromatic carbocycles. The Kier molecular flexibility index (Phi) is 5.69. The van der Waals surface area contributed by atoms with Crippen LogP contribution in [0.3, 0.4) is 0 Å². The van der Waals surface area contributed by atoms with Crippen LogP contribution in [0.2, 0.25) is 0 Å². The molecule has 0 radical (unpaired) electrons. The van der Waals surface area contributed by atoms with Crippen LogP contribution >= 0.6 is 11.8 Å². The predicted octanol–water partition coefficient (Wildman–Crippen LogP) is 2.72. The maximum absolute atomic E-state index is 12.1. The van der Waals surface area contributed by atoms with E-state index >= 15 is 0 Å². The van der Waals surface area contributed by atoms with Crippen molar-refractivity contribution in [3.8, 4) is 0 Å². The third-order valence-electron chi connectivity index (χ3n) is 3.17. The minimum atomic E-state index is -0.514. The standard InChI is InChI=1S/C15H17N5O3S/c1-4-7-19-11(3)17-18-15(19)24-9-14(21)16-12-6-5-10(2)8-13(12)20(22)23/h4-6,8H,1,7,9H2,2-3H3,(H,16,21). The number of hydrogen-bond donors (Lipinski definition) is 1. The van der Waals surface area contributed by atoms with Crippen molar-refractivity contribution in [1.29, 1.82) is 0 Å². The fourth-order valence-electron chi connectivity index (χ4n) is 2.02. The van der Waals surface area contributed by atoms with E-state index in [9.17, 15) is 14.9 Å². The Labute approximate surface area is 143 Å². The molecule has 0 aliphatic heterocycles. The van der Waals surface area contributed by atoms with Crippen molar-refractivity contribution in [3.63, 3.8) is 0 Å². The van der Waals surface area contributed by atoms with Gasteiger partial charge in [0.05, 0.1) is 10.7 Å². The SMILES string of the molecule is C=CCn1c(C)nnc1SCC(=O)Nc1ccc(C)cc1[N+](=O)[O-]. The lowest BCUT2D eigenvalue weighted by molar-refractivity contribution is -0.384. The van der Waals surface area contributed by atoms with Gasteiger partial charge in [0.15, 0.2) is 5.16 Å². The second-order valence-corrected chi connectivity index (χ2v) is 5.99. The highest BCUT2D eigenvalue weighted by molar-refractivity contribution is 7.99. The Bertz CT molecular complexity index is 787. The molecule has 8 nitrogen and oxygen atoms in total. The summed E-state index contributed by atoms with van der Waals surface area (Å²) in [7, 11) is 0. The van der Waals surface area contributed by atoms with Crippen molar-refractivity contribution < 1.29 is 9.72 Å². The molecule has 1 amide bonds. The van der Waals surface area contributed by atoms with Crippen molar-refractivity contribution in [3.05, 3.63) is 52.4 Å². The number of benzene rings is 1. The van der Waals surface area contributed by atoms with Crippen LogP contribution in [0.1, 0.15) is 11.4 Å². The molecule has 0 saturated heterocycles. The first-order valence-electron chi connectivity index (χ1n) is 7.10. The zero-order valence-electron chi connectivity index (χ0n) is 13.4. The molecule has 0 saturated carbocycles. The zero-order chi connectivity index (χ0) is 17.7. The fourth-order valence-corrected chi connectivity index (χ4v) is 2.82. The number of nitrogens with zero attached hydrogens (tertiary/aromatic N) is 4. The summed E-state index contributed by atoms with van der Waals surface area (Å²) < 4.78 is 1.83. The maximum Gasteiger partial charge on any atom is 0.293 e. The van der Waals surface area contributed by atoms with Gasteiger partial charge in [0, 0.05) is 12.6 Å². The highest BCUT2D eigenvalue weighted by Crippen LogP contribution is 2.26. The van der Waals surface area contributed by atoms with Crippen LogP contribution in [0.5, 0.6) is 0 Å². The molecule has 24 heavy (non-hydrogen) atoms. The van der Waals surface area contributed by atoms with Crippen LogP contribution in [-0.4, -0.2) is 31.3 Å². The van der Waals surface area contributed by atoms with Crippen molar-refractivity contribution in [1.82, 2.24) is 14.8 Å². The molecule has 2 aromatic rings. The van der Waals surface area contributed by atoms with Gasteiger partial charge in [0.2, 0.25) is 5.91 Å². The molecule has 126 valence electrons. The average molecular weight is 347 g/mol. The number of carbonyl (C=O) groups excluding carboxylic acids is 1. The normalized spacial score (nSPS) is 10.4. The molecule has 9 heteroatoms. The van der Waals surface area contributed by atoms with E-state index in [-0.39, 0.29) is 23.0 Å². The summed E-state index contributed by atoms with van der Waals surface area (Å²) in [5.41, 5.74) is 0.807. The first kappa shape index (κ1) is 17.7. The number of thioether (sulfide) groups is 1. The van der Waals surface area contributed by atoms with E-state index in [1.54, 1.807) is 19.1 Å². The first-order chi connectivity index (χ1) is 11.4. The Morgan fingerprint density at radius 2 is 2.21 bits per heavy atom. The van der Waals surface area contributed by atoms with Gasteiger partial charge in [-0.15, -0.1) is 16.8 Å². The van der Waals surface area contributed by atoms with Gasteiger partial charge in [0.1, 0.15) is 11.5 Å². The highest BCUT2D eigenvalue weighted by atomic mass is 32.2. The minimum absolute atomic E-state index is 0.0697. The second kappa shape index (κ2) is 7.73. The number of aromatic nitrogens is 3. The van der Waals surface area contributed by atoms with Gasteiger partial charge in [0.25, 0.3) is 5.69 Å². The van der Waals surface area contributed by atoms with Gasteiger partial charge >= 0.3 is 0 Å². The number of carbonyl (C=O) groups is 1. The van der Waals surface area contributed by atoms with Crippen molar-refractivity contribution >= 4 is 29.0 Å². The number of nitrogens with one attached hydrogen (secondary N) is 1. The number of nitro benzene ring substituents is 1. The number of amides is 1. The van der Waals surface area contributed by atoms with E-state index in [0.717, 1.165) is 11.4 Å². The van der Waals surface area contributed by atoms with Gasteiger partial charge < -0.3 is 9.88 Å². The van der Waals surface area contributed by atoms with Gasteiger partial charge in [-0.05, 0) is 25.5 Å². The monoisotopic (exact) mass is 347 g/mol. The summed E-state index contributed by atoms with van der Waals surface area (Å²) in [4.78, 5) is 22.6. The van der Waals surface area contributed by atoms with Crippen LogP contribution in [0.25, 0.3) is 0 Å². The lowest BCUT2D eigenvalue weighted by Crippen LogP contribution is -2.15. The maximum atomic E-state index is 12.1. The molecule has 0 spiro atoms. The third kappa shape index (κ3) is 4.19. The highest BCUT2D eigenvalue weighted by Gasteiger charge is 2.17. The molecular formula is C15H17N5O3S. The average Bonchev–Trinajstić information content (AvgIpc) is 2.88. The Balaban J connectivity index is 2.04. The number of hydrogen-bond acceptors (Lipinski definition) is 6. The molecular weight excluding hydrogens is 330 g/mol. The smallest absolute Gasteiger partial charge is 0.293 e. The Morgan fingerprint density at radius 1 is 1.46 bits per heavy atom. The molecule has 0 aliphatic carbocycles. The quantitative estimate of drug-likeness (QED) is 0.357. The van der Waals surface area contributed by atoms with E-state index in [1.165, 1.54) is 23.9 Å². The number of allylic oxidation sites excluding steroid dienone is 1. The lowest BCUT2D eigenvalue weighted by atomic mass is 10.2. The molecule has 0 atom stereocenters. The molecule has 0 bridgehead atoms. The summed E-state index contributed by atoms with van der Waals surface area (Å²) in [6, 6.07) is 4.66. The molecule has 2 rings (SSSR count). The van der Waals surface area contributed by atoms with Crippen LogP contribution in [0, 0.1) is 24.0 Å². The molecule has 1 N–H and O–H groups in total. The summed E-state index contributed by atoms with van der Waals surface area (Å²) >= 11 is 1.21. The van der Waals surface area contributed by atoms with Gasteiger partial charge in [-0.2, -0.15) is 0 Å². The van der Waals surface area contributed by atoms with Crippen LogP contribution in [0.4, 0.5) is 11.4 Å². The number of nitro groups is 1. The third-order valence-corrected chi connectivity index (χ3v) is 4.14. The summed E-state index contributed by atoms with van der Waals surface area (Å²) in [5.74, 6) is 0.449. The van der Waals surface area contributed by atoms with Crippen LogP contribution in [-0.2, 0) is 11.3 Å². The number of aryl methyl sites for hydroxylation is 2. The predicted molar refractivity (Wildman–Crippen MR) is 92.1 cm³/mol. The van der Waals surface area contributed by atoms with Crippen LogP contribution in [0.15, 0.2) is 36.0 Å². The topological polar surface area (TPSA) is 103 Å². The molecule has 0 unspecified atom stereocenters. The van der Waals surface area contributed by atoms with Crippen molar-refractivity contribution in [2.24, 2.45) is 0 Å². The summed E-state index contributed by atoms with van der Waals surface area (Å²) in [5, 5.41) is 22.2. The van der Waals surface area contributed by atoms with E-state index < -0.39 is 4.92 Å². The van der Waals surface area contributed by atoms with Gasteiger partial charge in [-0.25, -0.2) is 0 Å². The van der Waals surface area contributed by atoms with Crippen molar-refractivity contribution in [2.45, 2.75) is 25.5 Å². The summed E-state index contributed by atoms with van der Waals surface area (Å²) in [6.45, 7) is 7.79. The van der Waals surface area contributed by atoms with Crippen molar-refractivity contribution in [2.75, 3.05) is 11.1 Å². The summed E-state index contributed by atoms with van der Waals surface area (Å²) in [6.07, 6.45) is 1.72. The molecule has 0 aliphatic rings. The number of rotatable bonds is 7. The second-order valence-electron chi connectivity index (χ2n) is 5.04. The first-order valence-corrected chi connectivity index (χ1v) is 8.09. The lowest BCUT2D eigenvalue weighted by Gasteiger charge is -2.07. The van der Waals surface area contributed by atoms with Gasteiger partial charge in [-0.1, -0.05) is 23.9 Å². The van der Waals surface area contributed by atoms with E-state index in [4.69, 9.17) is 0 Å². The largest absolute Gasteiger partial charge is 0.320 e. The fraction of sp³-hybridized carbons (Fsp3) is 0.267. The minimum Gasteiger partial charge on any atom is -0.320 e. The van der Waals surface area contributed by atoms with E-state index in [1.807, 2.05) is 11.5 Å². The van der Waals surface area contributed by atoms with E-state index in [2.05, 4.69) is 22.1 Å². The van der Waals surface area contributed by atoms with Gasteiger partial charge in [-0.3, -0.25) is 14.9 Å². The zero-order valence-corrected chi connectivity index (χ0v) is 14.2. The Morgan fingerprint density at radius 3 is 2.88 bits per heavy atom.